The molecule has 1 heterocycles. The normalized spacial score (nSPS) is 12.3. The second-order valence-electron chi connectivity index (χ2n) is 6.45. The lowest BCUT2D eigenvalue weighted by atomic mass is 10.1. The zero-order valence-electron chi connectivity index (χ0n) is 16.7. The predicted molar refractivity (Wildman–Crippen MR) is 106 cm³/mol. The van der Waals surface area contributed by atoms with Crippen LogP contribution in [0.4, 0.5) is 18.9 Å². The van der Waals surface area contributed by atoms with Gasteiger partial charge in [-0.05, 0) is 31.2 Å². The van der Waals surface area contributed by atoms with E-state index in [1.807, 2.05) is 0 Å². The lowest BCUT2D eigenvalue weighted by Gasteiger charge is -2.16. The molecule has 3 rings (SSSR count). The zero-order chi connectivity index (χ0) is 22.8. The van der Waals surface area contributed by atoms with Crippen LogP contribution < -0.4 is 25.2 Å². The van der Waals surface area contributed by atoms with Gasteiger partial charge in [-0.3, -0.25) is 4.79 Å². The van der Waals surface area contributed by atoms with E-state index in [9.17, 15) is 22.8 Å². The number of amides is 1. The number of hydrogen-bond acceptors (Lipinski definition) is 6. The number of hydrogen-bond donors (Lipinski definition) is 1. The summed E-state index contributed by atoms with van der Waals surface area (Å²) in [5.41, 5.74) is -2.12. The zero-order valence-corrected chi connectivity index (χ0v) is 16.7. The number of anilines is 1. The number of benzene rings is 2. The molecular weight excluding hydrogens is 419 g/mol. The number of carbonyl (C=O) groups excluding carboxylic acids is 1. The highest BCUT2D eigenvalue weighted by Crippen LogP contribution is 2.35. The molecule has 0 fully saturated rings. The van der Waals surface area contributed by atoms with E-state index in [4.69, 9.17) is 18.6 Å². The van der Waals surface area contributed by atoms with E-state index < -0.39 is 29.4 Å². The number of alkyl halides is 3. The maximum Gasteiger partial charge on any atom is 0.417 e. The molecule has 1 amide bonds. The van der Waals surface area contributed by atoms with Gasteiger partial charge in [0.05, 0.1) is 19.8 Å². The van der Waals surface area contributed by atoms with E-state index in [1.165, 1.54) is 27.2 Å². The van der Waals surface area contributed by atoms with Crippen molar-refractivity contribution >= 4 is 22.6 Å². The first-order chi connectivity index (χ1) is 14.6. The van der Waals surface area contributed by atoms with Gasteiger partial charge in [-0.1, -0.05) is 0 Å². The summed E-state index contributed by atoms with van der Waals surface area (Å²) in [5, 5.41) is 2.35. The van der Waals surface area contributed by atoms with Gasteiger partial charge in [-0.2, -0.15) is 13.2 Å². The van der Waals surface area contributed by atoms with E-state index in [-0.39, 0.29) is 16.7 Å². The Morgan fingerprint density at radius 1 is 1.03 bits per heavy atom. The number of fused-ring (bicyclic) bond motifs is 1. The second-order valence-corrected chi connectivity index (χ2v) is 6.45. The fraction of sp³-hybridized carbons (Fsp3) is 0.238. The molecule has 1 N–H and O–H groups in total. The van der Waals surface area contributed by atoms with Gasteiger partial charge in [0.2, 0.25) is 0 Å². The molecular formula is C21H18F3NO6. The van der Waals surface area contributed by atoms with Gasteiger partial charge < -0.3 is 23.9 Å². The van der Waals surface area contributed by atoms with Crippen molar-refractivity contribution in [2.75, 3.05) is 19.5 Å². The molecule has 0 bridgehead atoms. The molecule has 0 saturated carbocycles. The first kappa shape index (κ1) is 22.0. The van der Waals surface area contributed by atoms with Crippen LogP contribution in [-0.4, -0.2) is 26.2 Å². The Hall–Kier alpha value is -3.69. The lowest BCUT2D eigenvalue weighted by Crippen LogP contribution is -2.30. The van der Waals surface area contributed by atoms with E-state index >= 15 is 0 Å². The van der Waals surface area contributed by atoms with E-state index in [0.29, 0.717) is 23.3 Å². The minimum absolute atomic E-state index is 0.0601. The van der Waals surface area contributed by atoms with Crippen molar-refractivity contribution in [1.29, 1.82) is 0 Å². The molecule has 0 saturated heterocycles. The largest absolute Gasteiger partial charge is 0.493 e. The maximum absolute atomic E-state index is 13.1. The molecule has 1 atom stereocenters. The van der Waals surface area contributed by atoms with Crippen LogP contribution in [0.2, 0.25) is 0 Å². The third-order valence-electron chi connectivity index (χ3n) is 4.35. The van der Waals surface area contributed by atoms with Crippen LogP contribution >= 0.6 is 0 Å². The fourth-order valence-electron chi connectivity index (χ4n) is 2.87. The topological polar surface area (TPSA) is 87.0 Å². The standard InChI is InChI=1S/C21H18F3NO6/c1-11(20(27)25-12-4-7-16(28-2)18(8-12)29-3)30-13-5-6-14-15(21(22,23)24)10-19(26)31-17(14)9-13/h4-11H,1-3H3,(H,25,27). The van der Waals surface area contributed by atoms with Gasteiger partial charge in [-0.25, -0.2) is 4.79 Å². The molecule has 1 unspecified atom stereocenters. The van der Waals surface area contributed by atoms with Gasteiger partial charge in [0, 0.05) is 29.3 Å². The van der Waals surface area contributed by atoms with Gasteiger partial charge in [0.1, 0.15) is 11.3 Å². The highest BCUT2D eigenvalue weighted by atomic mass is 19.4. The van der Waals surface area contributed by atoms with Crippen molar-refractivity contribution in [2.24, 2.45) is 0 Å². The quantitative estimate of drug-likeness (QED) is 0.581. The first-order valence-electron chi connectivity index (χ1n) is 8.97. The highest BCUT2D eigenvalue weighted by molar-refractivity contribution is 5.94. The number of nitrogens with one attached hydrogen (secondary N) is 1. The van der Waals surface area contributed by atoms with Crippen LogP contribution in [0.3, 0.4) is 0 Å². The van der Waals surface area contributed by atoms with Crippen LogP contribution in [-0.2, 0) is 11.0 Å². The molecule has 0 aliphatic rings. The van der Waals surface area contributed by atoms with E-state index in [2.05, 4.69) is 5.32 Å². The molecule has 3 aromatic rings. The maximum atomic E-state index is 13.1. The highest BCUT2D eigenvalue weighted by Gasteiger charge is 2.34. The average Bonchev–Trinajstić information content (AvgIpc) is 2.72. The van der Waals surface area contributed by atoms with E-state index in [1.54, 1.807) is 18.2 Å². The summed E-state index contributed by atoms with van der Waals surface area (Å²) in [4.78, 5) is 23.9. The van der Waals surface area contributed by atoms with Crippen LogP contribution in [0.1, 0.15) is 12.5 Å². The fourth-order valence-corrected chi connectivity index (χ4v) is 2.87. The van der Waals surface area contributed by atoms with Crippen molar-refractivity contribution in [2.45, 2.75) is 19.2 Å². The van der Waals surface area contributed by atoms with Crippen molar-refractivity contribution in [3.05, 3.63) is 58.4 Å². The van der Waals surface area contributed by atoms with Crippen LogP contribution in [0.5, 0.6) is 17.2 Å². The summed E-state index contributed by atoms with van der Waals surface area (Å²) >= 11 is 0. The summed E-state index contributed by atoms with van der Waals surface area (Å²) in [6.07, 6.45) is -5.73. The van der Waals surface area contributed by atoms with Crippen molar-refractivity contribution in [1.82, 2.24) is 0 Å². The summed E-state index contributed by atoms with van der Waals surface area (Å²) < 4.78 is 60.1. The smallest absolute Gasteiger partial charge is 0.417 e. The second kappa shape index (κ2) is 8.58. The molecule has 2 aromatic carbocycles. The number of ether oxygens (including phenoxy) is 3. The Morgan fingerprint density at radius 2 is 1.74 bits per heavy atom. The third-order valence-corrected chi connectivity index (χ3v) is 4.35. The average molecular weight is 437 g/mol. The number of halogens is 3. The molecule has 10 heteroatoms. The van der Waals surface area contributed by atoms with Crippen LogP contribution in [0.15, 0.2) is 51.7 Å². The first-order valence-corrected chi connectivity index (χ1v) is 8.97. The van der Waals surface area contributed by atoms with Crippen molar-refractivity contribution < 1.29 is 36.6 Å². The summed E-state index contributed by atoms with van der Waals surface area (Å²) in [6.45, 7) is 1.46. The monoisotopic (exact) mass is 437 g/mol. The molecule has 0 aliphatic carbocycles. The number of carbonyl (C=O) groups is 1. The Bertz CT molecular complexity index is 1170. The summed E-state index contributed by atoms with van der Waals surface area (Å²) in [5.74, 6) is 0.447. The molecule has 31 heavy (non-hydrogen) atoms. The SMILES string of the molecule is COc1ccc(NC(=O)C(C)Oc2ccc3c(C(F)(F)F)cc(=O)oc3c2)cc1OC. The third kappa shape index (κ3) is 4.90. The van der Waals surface area contributed by atoms with Crippen molar-refractivity contribution in [3.63, 3.8) is 0 Å². The summed E-state index contributed by atoms with van der Waals surface area (Å²) in [7, 11) is 2.94. The van der Waals surface area contributed by atoms with Crippen LogP contribution in [0, 0.1) is 0 Å². The molecule has 164 valence electrons. The molecule has 0 radical (unpaired) electrons. The van der Waals surface area contributed by atoms with Crippen LogP contribution in [0.25, 0.3) is 11.0 Å². The predicted octanol–water partition coefficient (Wildman–Crippen LogP) is 4.24. The lowest BCUT2D eigenvalue weighted by molar-refractivity contribution is -0.136. The minimum Gasteiger partial charge on any atom is -0.493 e. The van der Waals surface area contributed by atoms with Gasteiger partial charge >= 0.3 is 11.8 Å². The van der Waals surface area contributed by atoms with Gasteiger partial charge in [-0.15, -0.1) is 0 Å². The van der Waals surface area contributed by atoms with Crippen molar-refractivity contribution in [3.8, 4) is 17.2 Å². The Labute approximate surface area is 174 Å². The number of methoxy groups -OCH3 is 2. The Balaban J connectivity index is 1.79. The molecule has 1 aromatic heterocycles. The molecule has 7 nitrogen and oxygen atoms in total. The van der Waals surface area contributed by atoms with Gasteiger partial charge in [0.15, 0.2) is 17.6 Å². The number of rotatable bonds is 6. The van der Waals surface area contributed by atoms with Gasteiger partial charge in [0.25, 0.3) is 5.91 Å². The Kier molecular flexibility index (Phi) is 6.09. The molecule has 0 spiro atoms. The Morgan fingerprint density at radius 3 is 2.39 bits per heavy atom. The van der Waals surface area contributed by atoms with E-state index in [0.717, 1.165) is 12.1 Å². The molecule has 0 aliphatic heterocycles. The minimum atomic E-state index is -4.72. The summed E-state index contributed by atoms with van der Waals surface area (Å²) in [6, 6.07) is 8.69.